The van der Waals surface area contributed by atoms with Crippen molar-refractivity contribution in [3.63, 3.8) is 0 Å². The van der Waals surface area contributed by atoms with E-state index < -0.39 is 11.3 Å². The molecular formula is C16H20ClN3O3. The molecule has 1 aromatic carbocycles. The molecule has 0 fully saturated rings. The number of aryl methyl sites for hydroxylation is 1. The molecule has 1 N–H and O–H groups in total. The van der Waals surface area contributed by atoms with Crippen LogP contribution in [0.4, 0.5) is 0 Å². The van der Waals surface area contributed by atoms with Gasteiger partial charge in [0, 0.05) is 31.3 Å². The van der Waals surface area contributed by atoms with Crippen LogP contribution in [0.25, 0.3) is 10.9 Å². The van der Waals surface area contributed by atoms with Crippen molar-refractivity contribution >= 4 is 28.4 Å². The van der Waals surface area contributed by atoms with Crippen molar-refractivity contribution in [2.75, 3.05) is 19.8 Å². The first-order valence-corrected chi connectivity index (χ1v) is 8.02. The number of hydrogen-bond donors (Lipinski definition) is 1. The monoisotopic (exact) mass is 337 g/mol. The number of nitrogens with one attached hydrogen (secondary N) is 1. The maximum Gasteiger partial charge on any atom is 0.275 e. The second kappa shape index (κ2) is 8.08. The smallest absolute Gasteiger partial charge is 0.275 e. The van der Waals surface area contributed by atoms with E-state index in [0.717, 1.165) is 0 Å². The van der Waals surface area contributed by atoms with Gasteiger partial charge in [-0.3, -0.25) is 14.3 Å². The minimum atomic E-state index is -0.476. The summed E-state index contributed by atoms with van der Waals surface area (Å²) < 4.78 is 6.83. The van der Waals surface area contributed by atoms with Gasteiger partial charge in [-0.15, -0.1) is 0 Å². The summed E-state index contributed by atoms with van der Waals surface area (Å²) in [4.78, 5) is 24.7. The van der Waals surface area contributed by atoms with Gasteiger partial charge >= 0.3 is 0 Å². The summed E-state index contributed by atoms with van der Waals surface area (Å²) in [5.41, 5.74) is 0.141. The molecule has 124 valence electrons. The first-order valence-electron chi connectivity index (χ1n) is 7.64. The highest BCUT2D eigenvalue weighted by molar-refractivity contribution is 6.31. The quantitative estimate of drug-likeness (QED) is 0.786. The van der Waals surface area contributed by atoms with Gasteiger partial charge in [0.25, 0.3) is 5.91 Å². The lowest BCUT2D eigenvalue weighted by atomic mass is 10.2. The highest BCUT2D eigenvalue weighted by Gasteiger charge is 2.17. The average Bonchev–Trinajstić information content (AvgIpc) is 2.55. The van der Waals surface area contributed by atoms with Crippen molar-refractivity contribution in [3.05, 3.63) is 39.1 Å². The van der Waals surface area contributed by atoms with Crippen molar-refractivity contribution in [2.45, 2.75) is 26.8 Å². The molecule has 0 atom stereocenters. The first kappa shape index (κ1) is 17.4. The van der Waals surface area contributed by atoms with Gasteiger partial charge in [-0.1, -0.05) is 11.6 Å². The molecule has 7 heteroatoms. The molecule has 0 unspecified atom stereocenters. The topological polar surface area (TPSA) is 73.2 Å². The third-order valence-corrected chi connectivity index (χ3v) is 3.62. The van der Waals surface area contributed by atoms with Crippen LogP contribution in [-0.4, -0.2) is 35.4 Å². The van der Waals surface area contributed by atoms with Crippen LogP contribution >= 0.6 is 11.6 Å². The second-order valence-electron chi connectivity index (χ2n) is 4.96. The predicted molar refractivity (Wildman–Crippen MR) is 90.1 cm³/mol. The van der Waals surface area contributed by atoms with Crippen LogP contribution in [-0.2, 0) is 11.3 Å². The zero-order valence-electron chi connectivity index (χ0n) is 13.3. The van der Waals surface area contributed by atoms with Crippen LogP contribution in [0, 0.1) is 0 Å². The lowest BCUT2D eigenvalue weighted by Crippen LogP contribution is -2.33. The number of hydrogen-bond acceptors (Lipinski definition) is 4. The number of aromatic nitrogens is 2. The number of carbonyl (C=O) groups excluding carboxylic acids is 1. The summed E-state index contributed by atoms with van der Waals surface area (Å²) >= 11 is 5.97. The van der Waals surface area contributed by atoms with E-state index in [1.165, 1.54) is 0 Å². The SMILES string of the molecule is CCOCCCNC(=O)c1nn(CC)c2ccc(Cl)cc2c1=O. The van der Waals surface area contributed by atoms with E-state index in [4.69, 9.17) is 16.3 Å². The van der Waals surface area contributed by atoms with E-state index in [9.17, 15) is 9.59 Å². The van der Waals surface area contributed by atoms with E-state index in [0.29, 0.717) is 48.6 Å². The molecular weight excluding hydrogens is 318 g/mol. The maximum absolute atomic E-state index is 12.5. The lowest BCUT2D eigenvalue weighted by Gasteiger charge is -2.10. The van der Waals surface area contributed by atoms with Gasteiger partial charge in [0.1, 0.15) is 0 Å². The van der Waals surface area contributed by atoms with Crippen LogP contribution in [0.3, 0.4) is 0 Å². The van der Waals surface area contributed by atoms with Crippen LogP contribution in [0.1, 0.15) is 30.8 Å². The van der Waals surface area contributed by atoms with Crippen molar-refractivity contribution in [3.8, 4) is 0 Å². The summed E-state index contributed by atoms with van der Waals surface area (Å²) in [5.74, 6) is -0.476. The largest absolute Gasteiger partial charge is 0.382 e. The Hall–Kier alpha value is -1.92. The molecule has 0 radical (unpaired) electrons. The maximum atomic E-state index is 12.5. The molecule has 6 nitrogen and oxygen atoms in total. The number of halogens is 1. The Morgan fingerprint density at radius 2 is 2.17 bits per heavy atom. The van der Waals surface area contributed by atoms with Crippen molar-refractivity contribution in [2.24, 2.45) is 0 Å². The molecule has 0 saturated heterocycles. The molecule has 0 spiro atoms. The zero-order valence-corrected chi connectivity index (χ0v) is 14.0. The van der Waals surface area contributed by atoms with Crippen molar-refractivity contribution in [1.29, 1.82) is 0 Å². The number of benzene rings is 1. The number of nitrogens with zero attached hydrogens (tertiary/aromatic N) is 2. The minimum absolute atomic E-state index is 0.113. The summed E-state index contributed by atoms with van der Waals surface area (Å²) in [6, 6.07) is 5.00. The van der Waals surface area contributed by atoms with Gasteiger partial charge in [0.05, 0.1) is 10.9 Å². The zero-order chi connectivity index (χ0) is 16.8. The molecule has 1 heterocycles. The first-order chi connectivity index (χ1) is 11.1. The number of ether oxygens (including phenoxy) is 1. The second-order valence-corrected chi connectivity index (χ2v) is 5.40. The van der Waals surface area contributed by atoms with Crippen LogP contribution in [0.5, 0.6) is 0 Å². The Morgan fingerprint density at radius 1 is 1.39 bits per heavy atom. The Labute approximate surface area is 139 Å². The summed E-state index contributed by atoms with van der Waals surface area (Å²) in [7, 11) is 0. The average molecular weight is 338 g/mol. The van der Waals surface area contributed by atoms with Crippen molar-refractivity contribution in [1.82, 2.24) is 15.1 Å². The molecule has 0 bridgehead atoms. The Morgan fingerprint density at radius 3 is 2.87 bits per heavy atom. The van der Waals surface area contributed by atoms with E-state index in [2.05, 4.69) is 10.4 Å². The third kappa shape index (κ3) is 4.09. The number of fused-ring (bicyclic) bond motifs is 1. The fraction of sp³-hybridized carbons (Fsp3) is 0.438. The van der Waals surface area contributed by atoms with E-state index in [-0.39, 0.29) is 5.69 Å². The summed E-state index contributed by atoms with van der Waals surface area (Å²) in [5, 5.41) is 7.73. The Kier molecular flexibility index (Phi) is 6.12. The van der Waals surface area contributed by atoms with E-state index in [1.807, 2.05) is 13.8 Å². The van der Waals surface area contributed by atoms with Crippen LogP contribution < -0.4 is 10.7 Å². The standard InChI is InChI=1S/C16H20ClN3O3/c1-3-20-13-7-6-11(17)10-12(13)15(21)14(19-20)16(22)18-8-5-9-23-4-2/h6-7,10H,3-5,8-9H2,1-2H3,(H,18,22). The lowest BCUT2D eigenvalue weighted by molar-refractivity contribution is 0.0936. The summed E-state index contributed by atoms with van der Waals surface area (Å²) in [6.45, 7) is 5.99. The highest BCUT2D eigenvalue weighted by atomic mass is 35.5. The minimum Gasteiger partial charge on any atom is -0.382 e. The van der Waals surface area contributed by atoms with Gasteiger partial charge in [-0.05, 0) is 38.5 Å². The highest BCUT2D eigenvalue weighted by Crippen LogP contribution is 2.16. The molecule has 0 saturated carbocycles. The molecule has 0 aliphatic rings. The molecule has 0 aliphatic heterocycles. The van der Waals surface area contributed by atoms with Crippen molar-refractivity contribution < 1.29 is 9.53 Å². The third-order valence-electron chi connectivity index (χ3n) is 3.39. The molecule has 1 aromatic heterocycles. The Bertz CT molecular complexity index is 758. The fourth-order valence-corrected chi connectivity index (χ4v) is 2.43. The fourth-order valence-electron chi connectivity index (χ4n) is 2.26. The van der Waals surface area contributed by atoms with E-state index >= 15 is 0 Å². The van der Waals surface area contributed by atoms with Crippen LogP contribution in [0.15, 0.2) is 23.0 Å². The number of rotatable bonds is 7. The van der Waals surface area contributed by atoms with Gasteiger partial charge in [0.15, 0.2) is 5.69 Å². The summed E-state index contributed by atoms with van der Waals surface area (Å²) in [6.07, 6.45) is 0.682. The van der Waals surface area contributed by atoms with Gasteiger partial charge in [-0.25, -0.2) is 0 Å². The van der Waals surface area contributed by atoms with E-state index in [1.54, 1.807) is 22.9 Å². The number of amides is 1. The van der Waals surface area contributed by atoms with Gasteiger partial charge in [-0.2, -0.15) is 5.10 Å². The Balaban J connectivity index is 2.28. The normalized spacial score (nSPS) is 10.9. The van der Waals surface area contributed by atoms with Gasteiger partial charge in [0.2, 0.25) is 5.43 Å². The van der Waals surface area contributed by atoms with Gasteiger partial charge < -0.3 is 10.1 Å². The molecule has 23 heavy (non-hydrogen) atoms. The number of carbonyl (C=O) groups is 1. The molecule has 0 aliphatic carbocycles. The molecule has 2 rings (SSSR count). The molecule has 1 amide bonds. The van der Waals surface area contributed by atoms with Crippen LogP contribution in [0.2, 0.25) is 5.02 Å². The predicted octanol–water partition coefficient (Wildman–Crippen LogP) is 2.23. The molecule has 2 aromatic rings.